The summed E-state index contributed by atoms with van der Waals surface area (Å²) in [6, 6.07) is 24.9. The third-order valence-electron chi connectivity index (χ3n) is 7.59. The third kappa shape index (κ3) is 8.88. The Balaban J connectivity index is 1.82. The average Bonchev–Trinajstić information content (AvgIpc) is 3.08. The molecule has 4 aromatic rings. The van der Waals surface area contributed by atoms with Crippen LogP contribution in [-0.4, -0.2) is 58.5 Å². The maximum Gasteiger partial charge on any atom is 0.264 e. The van der Waals surface area contributed by atoms with E-state index in [1.165, 1.54) is 49.5 Å². The van der Waals surface area contributed by atoms with Crippen LogP contribution >= 0.6 is 0 Å². The molecule has 11 heteroatoms. The van der Waals surface area contributed by atoms with E-state index in [0.29, 0.717) is 18.7 Å². The van der Waals surface area contributed by atoms with Crippen molar-refractivity contribution in [3.8, 4) is 11.5 Å². The topological polar surface area (TPSA) is 105 Å². The van der Waals surface area contributed by atoms with Crippen molar-refractivity contribution < 1.29 is 31.9 Å². The fraction of sp³-hybridized carbons (Fsp3) is 0.278. The molecule has 0 aliphatic heterocycles. The molecule has 9 nitrogen and oxygen atoms in total. The van der Waals surface area contributed by atoms with Gasteiger partial charge in [-0.15, -0.1) is 0 Å². The van der Waals surface area contributed by atoms with E-state index in [2.05, 4.69) is 5.32 Å². The predicted molar refractivity (Wildman–Crippen MR) is 179 cm³/mol. The number of nitrogens with one attached hydrogen (secondary N) is 1. The second-order valence-corrected chi connectivity index (χ2v) is 12.9. The highest BCUT2D eigenvalue weighted by molar-refractivity contribution is 7.92. The van der Waals surface area contributed by atoms with Crippen molar-refractivity contribution in [1.82, 2.24) is 10.2 Å². The Hall–Kier alpha value is -4.90. The highest BCUT2D eigenvalue weighted by atomic mass is 32.2. The van der Waals surface area contributed by atoms with Crippen LogP contribution in [0.15, 0.2) is 102 Å². The molecule has 0 unspecified atom stereocenters. The number of nitrogens with zero attached hydrogens (tertiary/aromatic N) is 2. The Bertz CT molecular complexity index is 1770. The quantitative estimate of drug-likeness (QED) is 0.180. The maximum absolute atomic E-state index is 14.5. The zero-order valence-corrected chi connectivity index (χ0v) is 27.8. The Morgan fingerprint density at radius 3 is 2.17 bits per heavy atom. The lowest BCUT2D eigenvalue weighted by molar-refractivity contribution is -0.140. The van der Waals surface area contributed by atoms with Crippen molar-refractivity contribution in [2.45, 2.75) is 44.2 Å². The minimum absolute atomic E-state index is 0.0468. The van der Waals surface area contributed by atoms with Crippen molar-refractivity contribution in [2.24, 2.45) is 0 Å². The van der Waals surface area contributed by atoms with Crippen molar-refractivity contribution in [3.05, 3.63) is 120 Å². The van der Waals surface area contributed by atoms with Gasteiger partial charge in [-0.2, -0.15) is 0 Å². The number of anilines is 1. The molecule has 0 aliphatic rings. The minimum Gasteiger partial charge on any atom is -0.493 e. The third-order valence-corrected chi connectivity index (χ3v) is 9.36. The molecule has 0 saturated carbocycles. The number of carbonyl (C=O) groups is 2. The standard InChI is InChI=1S/C36H40FN3O6S/c1-5-20-38-36(42)32(22-27-11-7-6-8-12-27)39(24-28-13-9-10-26(2)21-28)35(41)25-40(30-16-14-29(37)15-17-30)47(43,44)31-18-19-33(45-3)34(23-31)46-4/h6-19,21,23,32H,5,20,22,24-25H2,1-4H3,(H,38,42)/t32-/m1/s1. The second kappa shape index (κ2) is 16.1. The molecule has 0 saturated heterocycles. The highest BCUT2D eigenvalue weighted by Crippen LogP contribution is 2.32. The Kier molecular flexibility index (Phi) is 12.0. The van der Waals surface area contributed by atoms with Crippen LogP contribution in [0.3, 0.4) is 0 Å². The lowest BCUT2D eigenvalue weighted by Crippen LogP contribution is -2.53. The smallest absolute Gasteiger partial charge is 0.264 e. The minimum atomic E-state index is -4.42. The molecule has 47 heavy (non-hydrogen) atoms. The maximum atomic E-state index is 14.5. The highest BCUT2D eigenvalue weighted by Gasteiger charge is 2.35. The van der Waals surface area contributed by atoms with Crippen LogP contribution in [0.5, 0.6) is 11.5 Å². The van der Waals surface area contributed by atoms with Crippen LogP contribution < -0.4 is 19.1 Å². The summed E-state index contributed by atoms with van der Waals surface area (Å²) in [6.07, 6.45) is 0.893. The summed E-state index contributed by atoms with van der Waals surface area (Å²) in [5.41, 5.74) is 2.64. The molecule has 1 N–H and O–H groups in total. The molecule has 0 radical (unpaired) electrons. The fourth-order valence-electron chi connectivity index (χ4n) is 5.17. The summed E-state index contributed by atoms with van der Waals surface area (Å²) in [7, 11) is -1.61. The second-order valence-electron chi connectivity index (χ2n) is 11.0. The number of sulfonamides is 1. The summed E-state index contributed by atoms with van der Waals surface area (Å²) >= 11 is 0. The van der Waals surface area contributed by atoms with Crippen LogP contribution in [0, 0.1) is 12.7 Å². The number of carbonyl (C=O) groups excluding carboxylic acids is 2. The summed E-state index contributed by atoms with van der Waals surface area (Å²) < 4.78 is 54.1. The number of hydrogen-bond donors (Lipinski definition) is 1. The van der Waals surface area contributed by atoms with Gasteiger partial charge in [-0.3, -0.25) is 13.9 Å². The first kappa shape index (κ1) is 35.0. The number of hydrogen-bond acceptors (Lipinski definition) is 6. The molecule has 1 atom stereocenters. The molecule has 0 bridgehead atoms. The first-order valence-corrected chi connectivity index (χ1v) is 16.7. The van der Waals surface area contributed by atoms with Gasteiger partial charge in [0.15, 0.2) is 11.5 Å². The number of ether oxygens (including phenoxy) is 2. The van der Waals surface area contributed by atoms with E-state index < -0.39 is 34.3 Å². The van der Waals surface area contributed by atoms with E-state index in [0.717, 1.165) is 33.1 Å². The Labute approximate surface area is 276 Å². The normalized spacial score (nSPS) is 11.8. The predicted octanol–water partition coefficient (Wildman–Crippen LogP) is 5.51. The average molecular weight is 662 g/mol. The van der Waals surface area contributed by atoms with Crippen LogP contribution in [0.2, 0.25) is 0 Å². The lowest BCUT2D eigenvalue weighted by Gasteiger charge is -2.34. The monoisotopic (exact) mass is 661 g/mol. The summed E-state index contributed by atoms with van der Waals surface area (Å²) in [6.45, 7) is 3.65. The van der Waals surface area contributed by atoms with E-state index >= 15 is 0 Å². The first-order valence-electron chi connectivity index (χ1n) is 15.2. The molecular weight excluding hydrogens is 621 g/mol. The molecular formula is C36H40FN3O6S. The number of methoxy groups -OCH3 is 2. The van der Waals surface area contributed by atoms with Crippen molar-refractivity contribution in [3.63, 3.8) is 0 Å². The molecule has 4 rings (SSSR count). The van der Waals surface area contributed by atoms with Gasteiger partial charge >= 0.3 is 0 Å². The SMILES string of the molecule is CCCNC(=O)[C@@H](Cc1ccccc1)N(Cc1cccc(C)c1)C(=O)CN(c1ccc(F)cc1)S(=O)(=O)c1ccc(OC)c(OC)c1. The molecule has 0 fully saturated rings. The van der Waals surface area contributed by atoms with Gasteiger partial charge in [-0.1, -0.05) is 67.1 Å². The first-order chi connectivity index (χ1) is 22.6. The van der Waals surface area contributed by atoms with Gasteiger partial charge in [-0.05, 0) is 60.9 Å². The van der Waals surface area contributed by atoms with Crippen molar-refractivity contribution in [1.29, 1.82) is 0 Å². The molecule has 0 aromatic heterocycles. The van der Waals surface area contributed by atoms with E-state index in [-0.39, 0.29) is 35.2 Å². The van der Waals surface area contributed by atoms with Crippen LogP contribution in [0.1, 0.15) is 30.0 Å². The van der Waals surface area contributed by atoms with Gasteiger partial charge in [0.05, 0.1) is 24.8 Å². The molecule has 4 aromatic carbocycles. The van der Waals surface area contributed by atoms with Crippen molar-refractivity contribution in [2.75, 3.05) is 31.6 Å². The summed E-state index contributed by atoms with van der Waals surface area (Å²) in [5.74, 6) is -1.04. The van der Waals surface area contributed by atoms with E-state index in [1.807, 2.05) is 68.4 Å². The van der Waals surface area contributed by atoms with Gasteiger partial charge in [0.2, 0.25) is 11.8 Å². The summed E-state index contributed by atoms with van der Waals surface area (Å²) in [4.78, 5) is 29.5. The van der Waals surface area contributed by atoms with Crippen LogP contribution in [0.25, 0.3) is 0 Å². The lowest BCUT2D eigenvalue weighted by atomic mass is 10.0. The number of halogens is 1. The number of rotatable bonds is 15. The van der Waals surface area contributed by atoms with Gasteiger partial charge in [-0.25, -0.2) is 12.8 Å². The molecule has 0 heterocycles. The van der Waals surface area contributed by atoms with Crippen molar-refractivity contribution >= 4 is 27.5 Å². The summed E-state index contributed by atoms with van der Waals surface area (Å²) in [5, 5.41) is 2.92. The fourth-order valence-corrected chi connectivity index (χ4v) is 6.60. The zero-order chi connectivity index (χ0) is 34.0. The Morgan fingerprint density at radius 1 is 0.851 bits per heavy atom. The molecule has 0 spiro atoms. The van der Waals surface area contributed by atoms with E-state index in [9.17, 15) is 22.4 Å². The van der Waals surface area contributed by atoms with Crippen LogP contribution in [0.4, 0.5) is 10.1 Å². The number of benzene rings is 4. The number of amides is 2. The van der Waals surface area contributed by atoms with E-state index in [1.54, 1.807) is 0 Å². The molecule has 0 aliphatic carbocycles. The Morgan fingerprint density at radius 2 is 1.53 bits per heavy atom. The molecule has 2 amide bonds. The van der Waals surface area contributed by atoms with Gasteiger partial charge in [0, 0.05) is 25.6 Å². The zero-order valence-electron chi connectivity index (χ0n) is 27.0. The van der Waals surface area contributed by atoms with E-state index in [4.69, 9.17) is 9.47 Å². The largest absolute Gasteiger partial charge is 0.493 e. The van der Waals surface area contributed by atoms with Gasteiger partial charge < -0.3 is 19.7 Å². The van der Waals surface area contributed by atoms with Crippen LogP contribution in [-0.2, 0) is 32.6 Å². The molecule has 248 valence electrons. The van der Waals surface area contributed by atoms with Gasteiger partial charge in [0.1, 0.15) is 18.4 Å². The number of aryl methyl sites for hydroxylation is 1. The van der Waals surface area contributed by atoms with Gasteiger partial charge in [0.25, 0.3) is 10.0 Å².